The second kappa shape index (κ2) is 6.80. The summed E-state index contributed by atoms with van der Waals surface area (Å²) in [4.78, 5) is 0. The van der Waals surface area contributed by atoms with Gasteiger partial charge in [-0.05, 0) is 62.2 Å². The number of nitrogens with one attached hydrogen (secondary N) is 1. The van der Waals surface area contributed by atoms with Crippen molar-refractivity contribution in [1.82, 2.24) is 5.32 Å². The number of rotatable bonds is 6. The molecule has 0 bridgehead atoms. The molecule has 1 aliphatic carbocycles. The summed E-state index contributed by atoms with van der Waals surface area (Å²) in [5.74, 6) is 0.835. The molecule has 0 saturated heterocycles. The van der Waals surface area contributed by atoms with Crippen LogP contribution in [0.15, 0.2) is 24.3 Å². The van der Waals surface area contributed by atoms with E-state index in [1.54, 1.807) is 11.1 Å². The largest absolute Gasteiger partial charge is 0.317 e. The predicted molar refractivity (Wildman–Crippen MR) is 74.5 cm³/mol. The van der Waals surface area contributed by atoms with Crippen molar-refractivity contribution in [3.63, 3.8) is 0 Å². The van der Waals surface area contributed by atoms with Crippen molar-refractivity contribution in [3.8, 4) is 0 Å². The van der Waals surface area contributed by atoms with E-state index in [2.05, 4.69) is 36.5 Å². The second-order valence-corrected chi connectivity index (χ2v) is 5.14. The maximum atomic E-state index is 3.41. The van der Waals surface area contributed by atoms with Gasteiger partial charge in [-0.15, -0.1) is 0 Å². The first-order chi connectivity index (χ1) is 8.42. The zero-order valence-corrected chi connectivity index (χ0v) is 11.0. The molecule has 1 heteroatoms. The van der Waals surface area contributed by atoms with E-state index in [1.807, 2.05) is 0 Å². The molecule has 0 radical (unpaired) electrons. The predicted octanol–water partition coefficient (Wildman–Crippen LogP) is 3.89. The number of fused-ring (bicyclic) bond motifs is 1. The Bertz CT molecular complexity index is 332. The molecule has 0 saturated carbocycles. The van der Waals surface area contributed by atoms with Crippen LogP contribution in [-0.2, 0) is 6.42 Å². The lowest BCUT2D eigenvalue weighted by atomic mass is 9.80. The van der Waals surface area contributed by atoms with Crippen LogP contribution in [-0.4, -0.2) is 13.1 Å². The highest BCUT2D eigenvalue weighted by molar-refractivity contribution is 5.32. The smallest absolute Gasteiger partial charge is 0.00490 e. The minimum Gasteiger partial charge on any atom is -0.317 e. The molecule has 1 aliphatic rings. The first-order valence-electron chi connectivity index (χ1n) is 7.20. The summed E-state index contributed by atoms with van der Waals surface area (Å²) in [5.41, 5.74) is 3.25. The molecule has 0 aromatic heterocycles. The van der Waals surface area contributed by atoms with E-state index in [9.17, 15) is 0 Å². The number of benzene rings is 1. The highest BCUT2D eigenvalue weighted by atomic mass is 14.8. The topological polar surface area (TPSA) is 12.0 Å². The van der Waals surface area contributed by atoms with Crippen molar-refractivity contribution in [2.45, 2.75) is 51.4 Å². The molecule has 1 aromatic rings. The lowest BCUT2D eigenvalue weighted by Crippen LogP contribution is -2.14. The van der Waals surface area contributed by atoms with E-state index in [4.69, 9.17) is 0 Å². The molecule has 1 unspecified atom stereocenters. The quantitative estimate of drug-likeness (QED) is 0.732. The lowest BCUT2D eigenvalue weighted by molar-refractivity contribution is 0.489. The molecule has 2 rings (SSSR count). The van der Waals surface area contributed by atoms with Crippen LogP contribution >= 0.6 is 0 Å². The van der Waals surface area contributed by atoms with Gasteiger partial charge in [0.15, 0.2) is 0 Å². The minimum absolute atomic E-state index is 0.835. The van der Waals surface area contributed by atoms with Crippen molar-refractivity contribution in [2.24, 2.45) is 0 Å². The molecule has 1 aromatic carbocycles. The van der Waals surface area contributed by atoms with E-state index >= 15 is 0 Å². The van der Waals surface area contributed by atoms with Crippen LogP contribution in [0.25, 0.3) is 0 Å². The third kappa shape index (κ3) is 3.57. The zero-order valence-electron chi connectivity index (χ0n) is 11.0. The standard InChI is InChI=1S/C16H25N/c1-2-17-13-6-5-9-15-11-7-10-14-8-3-4-12-16(14)15/h3-4,8,12,15,17H,2,5-7,9-11,13H2,1H3. The molecule has 0 fully saturated rings. The normalized spacial score (nSPS) is 19.0. The molecule has 17 heavy (non-hydrogen) atoms. The third-order valence-corrected chi connectivity index (χ3v) is 3.90. The summed E-state index contributed by atoms with van der Waals surface area (Å²) in [5, 5.41) is 3.41. The van der Waals surface area contributed by atoms with Crippen molar-refractivity contribution >= 4 is 0 Å². The Hall–Kier alpha value is -0.820. The highest BCUT2D eigenvalue weighted by Gasteiger charge is 2.18. The number of unbranched alkanes of at least 4 members (excludes halogenated alkanes) is 1. The summed E-state index contributed by atoms with van der Waals surface area (Å²) in [6.45, 7) is 4.47. The highest BCUT2D eigenvalue weighted by Crippen LogP contribution is 2.34. The van der Waals surface area contributed by atoms with Gasteiger partial charge in [0.2, 0.25) is 0 Å². The molecular weight excluding hydrogens is 206 g/mol. The SMILES string of the molecule is CCNCCCCC1CCCc2ccccc21. The first-order valence-corrected chi connectivity index (χ1v) is 7.20. The lowest BCUT2D eigenvalue weighted by Gasteiger charge is -2.25. The van der Waals surface area contributed by atoms with E-state index in [0.717, 1.165) is 12.5 Å². The Morgan fingerprint density at radius 1 is 1.24 bits per heavy atom. The van der Waals surface area contributed by atoms with E-state index in [0.29, 0.717) is 0 Å². The maximum Gasteiger partial charge on any atom is -0.00490 e. The summed E-state index contributed by atoms with van der Waals surface area (Å²) < 4.78 is 0. The number of hydrogen-bond donors (Lipinski definition) is 1. The van der Waals surface area contributed by atoms with Gasteiger partial charge in [-0.25, -0.2) is 0 Å². The monoisotopic (exact) mass is 231 g/mol. The maximum absolute atomic E-state index is 3.41. The third-order valence-electron chi connectivity index (χ3n) is 3.90. The van der Waals surface area contributed by atoms with Gasteiger partial charge in [0.05, 0.1) is 0 Å². The van der Waals surface area contributed by atoms with Gasteiger partial charge < -0.3 is 5.32 Å². The van der Waals surface area contributed by atoms with Gasteiger partial charge in [0.25, 0.3) is 0 Å². The molecular formula is C16H25N. The summed E-state index contributed by atoms with van der Waals surface area (Å²) >= 11 is 0. The first kappa shape index (κ1) is 12.6. The Kier molecular flexibility index (Phi) is 5.06. The summed E-state index contributed by atoms with van der Waals surface area (Å²) in [7, 11) is 0. The fourth-order valence-electron chi connectivity index (χ4n) is 2.97. The van der Waals surface area contributed by atoms with Gasteiger partial charge in [0.1, 0.15) is 0 Å². The van der Waals surface area contributed by atoms with Crippen LogP contribution in [0.1, 0.15) is 56.1 Å². The van der Waals surface area contributed by atoms with E-state index in [-0.39, 0.29) is 0 Å². The molecule has 0 amide bonds. The molecule has 1 N–H and O–H groups in total. The van der Waals surface area contributed by atoms with Crippen molar-refractivity contribution in [2.75, 3.05) is 13.1 Å². The average molecular weight is 231 g/mol. The van der Waals surface area contributed by atoms with Crippen LogP contribution < -0.4 is 5.32 Å². The minimum atomic E-state index is 0.835. The molecule has 0 aliphatic heterocycles. The van der Waals surface area contributed by atoms with Gasteiger partial charge in [-0.1, -0.05) is 37.6 Å². The Morgan fingerprint density at radius 3 is 3.00 bits per heavy atom. The van der Waals surface area contributed by atoms with Gasteiger partial charge in [-0.2, -0.15) is 0 Å². The molecule has 94 valence electrons. The molecule has 1 nitrogen and oxygen atoms in total. The van der Waals surface area contributed by atoms with Crippen LogP contribution in [0.3, 0.4) is 0 Å². The van der Waals surface area contributed by atoms with Crippen molar-refractivity contribution in [1.29, 1.82) is 0 Å². The van der Waals surface area contributed by atoms with Crippen LogP contribution in [0.2, 0.25) is 0 Å². The second-order valence-electron chi connectivity index (χ2n) is 5.14. The van der Waals surface area contributed by atoms with Gasteiger partial charge in [0, 0.05) is 0 Å². The Balaban J connectivity index is 1.82. The number of aryl methyl sites for hydroxylation is 1. The Labute approximate surface area is 106 Å². The summed E-state index contributed by atoms with van der Waals surface area (Å²) in [6.07, 6.45) is 8.15. The molecule has 0 spiro atoms. The molecule has 0 heterocycles. The van der Waals surface area contributed by atoms with Crippen LogP contribution in [0, 0.1) is 0 Å². The van der Waals surface area contributed by atoms with E-state index in [1.165, 1.54) is 45.1 Å². The van der Waals surface area contributed by atoms with Crippen LogP contribution in [0.5, 0.6) is 0 Å². The molecule has 1 atom stereocenters. The van der Waals surface area contributed by atoms with Crippen molar-refractivity contribution < 1.29 is 0 Å². The van der Waals surface area contributed by atoms with E-state index < -0.39 is 0 Å². The van der Waals surface area contributed by atoms with Gasteiger partial charge in [-0.3, -0.25) is 0 Å². The fourth-order valence-corrected chi connectivity index (χ4v) is 2.97. The van der Waals surface area contributed by atoms with Crippen LogP contribution in [0.4, 0.5) is 0 Å². The van der Waals surface area contributed by atoms with Gasteiger partial charge >= 0.3 is 0 Å². The van der Waals surface area contributed by atoms with Crippen molar-refractivity contribution in [3.05, 3.63) is 35.4 Å². The Morgan fingerprint density at radius 2 is 2.12 bits per heavy atom. The zero-order chi connectivity index (χ0) is 11.9. The summed E-state index contributed by atoms with van der Waals surface area (Å²) in [6, 6.07) is 9.06. The fraction of sp³-hybridized carbons (Fsp3) is 0.625. The number of hydrogen-bond acceptors (Lipinski definition) is 1. The average Bonchev–Trinajstić information content (AvgIpc) is 2.39.